The molecule has 0 aliphatic carbocycles. The summed E-state index contributed by atoms with van der Waals surface area (Å²) in [6.45, 7) is 5.84. The third kappa shape index (κ3) is 3.27. The Bertz CT molecular complexity index is 619. The van der Waals surface area contributed by atoms with Crippen molar-refractivity contribution in [3.05, 3.63) is 28.5 Å². The fourth-order valence-electron chi connectivity index (χ4n) is 3.30. The van der Waals surface area contributed by atoms with E-state index in [0.717, 1.165) is 28.8 Å². The number of imidazole rings is 1. The molecule has 0 saturated carbocycles. The van der Waals surface area contributed by atoms with E-state index in [2.05, 4.69) is 50.5 Å². The fraction of sp³-hybridized carbons (Fsp3) is 0.562. The summed E-state index contributed by atoms with van der Waals surface area (Å²) >= 11 is 9.50. The summed E-state index contributed by atoms with van der Waals surface area (Å²) in [4.78, 5) is 7.34. The SMILES string of the molecule is CC(CN1CCCC1)n1c(CCCl)nc2cc(Br)ccc21. The van der Waals surface area contributed by atoms with Crippen molar-refractivity contribution in [1.29, 1.82) is 0 Å². The van der Waals surface area contributed by atoms with Crippen molar-refractivity contribution in [2.45, 2.75) is 32.2 Å². The van der Waals surface area contributed by atoms with Gasteiger partial charge in [0.1, 0.15) is 5.82 Å². The van der Waals surface area contributed by atoms with Gasteiger partial charge in [-0.1, -0.05) is 15.9 Å². The van der Waals surface area contributed by atoms with Crippen LogP contribution in [-0.4, -0.2) is 40.0 Å². The minimum atomic E-state index is 0.424. The molecular weight excluding hydrogens is 350 g/mol. The third-order valence-corrected chi connectivity index (χ3v) is 4.89. The number of rotatable bonds is 5. The van der Waals surface area contributed by atoms with E-state index in [1.807, 2.05) is 0 Å². The van der Waals surface area contributed by atoms with E-state index in [9.17, 15) is 0 Å². The van der Waals surface area contributed by atoms with Crippen molar-refractivity contribution in [2.75, 3.05) is 25.5 Å². The second-order valence-electron chi connectivity index (χ2n) is 5.83. The summed E-state index contributed by atoms with van der Waals surface area (Å²) in [5.41, 5.74) is 2.27. The lowest BCUT2D eigenvalue weighted by atomic mass is 10.2. The molecule has 1 aromatic carbocycles. The van der Waals surface area contributed by atoms with E-state index >= 15 is 0 Å². The first-order valence-corrected chi connectivity index (χ1v) is 8.96. The average molecular weight is 371 g/mol. The first-order chi connectivity index (χ1) is 10.2. The van der Waals surface area contributed by atoms with Crippen LogP contribution < -0.4 is 0 Å². The van der Waals surface area contributed by atoms with Crippen LogP contribution in [0.1, 0.15) is 31.6 Å². The highest BCUT2D eigenvalue weighted by Crippen LogP contribution is 2.26. The monoisotopic (exact) mass is 369 g/mol. The number of fused-ring (bicyclic) bond motifs is 1. The third-order valence-electron chi connectivity index (χ3n) is 4.20. The predicted molar refractivity (Wildman–Crippen MR) is 92.2 cm³/mol. The normalized spacial score (nSPS) is 17.7. The van der Waals surface area contributed by atoms with E-state index < -0.39 is 0 Å². The van der Waals surface area contributed by atoms with Gasteiger partial charge in [-0.05, 0) is 51.1 Å². The highest BCUT2D eigenvalue weighted by atomic mass is 79.9. The molecule has 5 heteroatoms. The Kier molecular flexibility index (Phi) is 4.87. The number of likely N-dealkylation sites (tertiary alicyclic amines) is 1. The molecule has 0 spiro atoms. The Morgan fingerprint density at radius 2 is 2.10 bits per heavy atom. The van der Waals surface area contributed by atoms with Gasteiger partial charge in [-0.2, -0.15) is 0 Å². The molecule has 3 rings (SSSR count). The molecule has 2 aromatic rings. The van der Waals surface area contributed by atoms with Crippen LogP contribution in [0.25, 0.3) is 11.0 Å². The van der Waals surface area contributed by atoms with Crippen LogP contribution in [0.3, 0.4) is 0 Å². The molecule has 0 bridgehead atoms. The number of halogens is 2. The van der Waals surface area contributed by atoms with Crippen LogP contribution in [0.2, 0.25) is 0 Å². The smallest absolute Gasteiger partial charge is 0.111 e. The van der Waals surface area contributed by atoms with Crippen molar-refractivity contribution < 1.29 is 0 Å². The molecule has 1 fully saturated rings. The van der Waals surface area contributed by atoms with E-state index in [0.29, 0.717) is 11.9 Å². The number of hydrogen-bond acceptors (Lipinski definition) is 2. The molecule has 0 amide bonds. The summed E-state index contributed by atoms with van der Waals surface area (Å²) in [6.07, 6.45) is 3.48. The van der Waals surface area contributed by atoms with Crippen LogP contribution in [0.4, 0.5) is 0 Å². The van der Waals surface area contributed by atoms with Crippen LogP contribution in [0, 0.1) is 0 Å². The van der Waals surface area contributed by atoms with Crippen LogP contribution in [0.5, 0.6) is 0 Å². The minimum Gasteiger partial charge on any atom is -0.324 e. The lowest BCUT2D eigenvalue weighted by Crippen LogP contribution is -2.27. The molecule has 114 valence electrons. The number of alkyl halides is 1. The maximum atomic E-state index is 5.97. The molecule has 2 heterocycles. The zero-order valence-corrected chi connectivity index (χ0v) is 14.7. The van der Waals surface area contributed by atoms with Gasteiger partial charge in [0.25, 0.3) is 0 Å². The number of aryl methyl sites for hydroxylation is 1. The highest BCUT2D eigenvalue weighted by Gasteiger charge is 2.20. The molecule has 1 atom stereocenters. The van der Waals surface area contributed by atoms with Gasteiger partial charge in [-0.3, -0.25) is 0 Å². The second-order valence-corrected chi connectivity index (χ2v) is 7.12. The molecule has 1 unspecified atom stereocenters. The van der Waals surface area contributed by atoms with Gasteiger partial charge >= 0.3 is 0 Å². The number of aromatic nitrogens is 2. The van der Waals surface area contributed by atoms with Crippen LogP contribution >= 0.6 is 27.5 Å². The van der Waals surface area contributed by atoms with Gasteiger partial charge < -0.3 is 9.47 Å². The molecule has 0 radical (unpaired) electrons. The summed E-state index contributed by atoms with van der Waals surface area (Å²) in [7, 11) is 0. The zero-order chi connectivity index (χ0) is 14.8. The Balaban J connectivity index is 1.95. The highest BCUT2D eigenvalue weighted by molar-refractivity contribution is 9.10. The molecule has 21 heavy (non-hydrogen) atoms. The maximum Gasteiger partial charge on any atom is 0.111 e. The van der Waals surface area contributed by atoms with E-state index in [1.54, 1.807) is 0 Å². The molecule has 1 aliphatic heterocycles. The zero-order valence-electron chi connectivity index (χ0n) is 12.4. The van der Waals surface area contributed by atoms with Crippen LogP contribution in [-0.2, 0) is 6.42 Å². The van der Waals surface area contributed by atoms with Crippen molar-refractivity contribution in [1.82, 2.24) is 14.5 Å². The van der Waals surface area contributed by atoms with E-state index in [4.69, 9.17) is 16.6 Å². The first kappa shape index (κ1) is 15.3. The van der Waals surface area contributed by atoms with Crippen molar-refractivity contribution in [3.63, 3.8) is 0 Å². The van der Waals surface area contributed by atoms with Gasteiger partial charge in [-0.15, -0.1) is 11.6 Å². The fourth-order valence-corrected chi connectivity index (χ4v) is 3.81. The summed E-state index contributed by atoms with van der Waals surface area (Å²) in [6, 6.07) is 6.76. The number of hydrogen-bond donors (Lipinski definition) is 0. The van der Waals surface area contributed by atoms with E-state index in [1.165, 1.54) is 31.4 Å². The van der Waals surface area contributed by atoms with Gasteiger partial charge in [0.15, 0.2) is 0 Å². The Labute approximate surface area is 139 Å². The second kappa shape index (κ2) is 6.67. The molecule has 3 nitrogen and oxygen atoms in total. The Morgan fingerprint density at radius 1 is 1.33 bits per heavy atom. The van der Waals surface area contributed by atoms with Gasteiger partial charge in [0.2, 0.25) is 0 Å². The first-order valence-electron chi connectivity index (χ1n) is 7.63. The minimum absolute atomic E-state index is 0.424. The van der Waals surface area contributed by atoms with Gasteiger partial charge in [-0.25, -0.2) is 4.98 Å². The largest absolute Gasteiger partial charge is 0.324 e. The summed E-state index contributed by atoms with van der Waals surface area (Å²) in [5.74, 6) is 1.71. The Morgan fingerprint density at radius 3 is 2.81 bits per heavy atom. The average Bonchev–Trinajstić information content (AvgIpc) is 3.05. The lowest BCUT2D eigenvalue weighted by molar-refractivity contribution is 0.288. The van der Waals surface area contributed by atoms with Crippen LogP contribution in [0.15, 0.2) is 22.7 Å². The maximum absolute atomic E-state index is 5.97. The van der Waals surface area contributed by atoms with Gasteiger partial charge in [0.05, 0.1) is 11.0 Å². The number of nitrogens with zero attached hydrogens (tertiary/aromatic N) is 3. The Hall–Kier alpha value is -0.580. The topological polar surface area (TPSA) is 21.1 Å². The summed E-state index contributed by atoms with van der Waals surface area (Å²) in [5, 5.41) is 0. The van der Waals surface area contributed by atoms with Gasteiger partial charge in [0, 0.05) is 29.4 Å². The number of benzene rings is 1. The standard InChI is InChI=1S/C16H21BrClN3/c1-12(11-20-8-2-3-9-20)21-15-5-4-13(17)10-14(15)19-16(21)6-7-18/h4-5,10,12H,2-3,6-9,11H2,1H3. The van der Waals surface area contributed by atoms with E-state index in [-0.39, 0.29) is 0 Å². The molecular formula is C16H21BrClN3. The molecule has 1 saturated heterocycles. The molecule has 1 aromatic heterocycles. The predicted octanol–water partition coefficient (Wildman–Crippen LogP) is 4.24. The molecule has 1 aliphatic rings. The molecule has 0 N–H and O–H groups in total. The lowest BCUT2D eigenvalue weighted by Gasteiger charge is -2.23. The summed E-state index contributed by atoms with van der Waals surface area (Å²) < 4.78 is 3.45. The van der Waals surface area contributed by atoms with Crippen molar-refractivity contribution in [3.8, 4) is 0 Å². The quantitative estimate of drug-likeness (QED) is 0.734. The van der Waals surface area contributed by atoms with Crippen molar-refractivity contribution >= 4 is 38.6 Å². The van der Waals surface area contributed by atoms with Crippen molar-refractivity contribution in [2.24, 2.45) is 0 Å².